The van der Waals surface area contributed by atoms with Gasteiger partial charge >= 0.3 is 5.97 Å². The van der Waals surface area contributed by atoms with Crippen LogP contribution >= 0.6 is 0 Å². The molecular weight excluding hydrogens is 168 g/mol. The predicted molar refractivity (Wildman–Crippen MR) is 47.4 cm³/mol. The number of hydrogen-bond donors (Lipinski definition) is 2. The highest BCUT2D eigenvalue weighted by atomic mass is 16.4. The maximum absolute atomic E-state index is 10.9. The SMILES string of the molecule is CN1NC=C2C1=CCCC2C(=O)O. The van der Waals surface area contributed by atoms with Crippen molar-refractivity contribution in [3.8, 4) is 0 Å². The molecule has 0 aromatic heterocycles. The van der Waals surface area contributed by atoms with Crippen molar-refractivity contribution in [1.82, 2.24) is 10.4 Å². The first kappa shape index (κ1) is 8.16. The number of allylic oxidation sites excluding steroid dienone is 2. The molecule has 0 saturated heterocycles. The first-order valence-corrected chi connectivity index (χ1v) is 4.33. The summed E-state index contributed by atoms with van der Waals surface area (Å²) in [7, 11) is 1.89. The van der Waals surface area contributed by atoms with Crippen molar-refractivity contribution < 1.29 is 9.90 Å². The van der Waals surface area contributed by atoms with Gasteiger partial charge in [0.05, 0.1) is 11.6 Å². The maximum atomic E-state index is 10.9. The fraction of sp³-hybridized carbons (Fsp3) is 0.444. The van der Waals surface area contributed by atoms with Crippen molar-refractivity contribution in [2.45, 2.75) is 12.8 Å². The molecule has 0 fully saturated rings. The summed E-state index contributed by atoms with van der Waals surface area (Å²) in [5, 5.41) is 10.8. The first-order valence-electron chi connectivity index (χ1n) is 4.33. The lowest BCUT2D eigenvalue weighted by Gasteiger charge is -2.22. The summed E-state index contributed by atoms with van der Waals surface area (Å²) in [6.45, 7) is 0. The number of carboxylic acid groups (broad SMARTS) is 1. The molecule has 0 amide bonds. The van der Waals surface area contributed by atoms with Crippen molar-refractivity contribution in [3.05, 3.63) is 23.5 Å². The zero-order valence-corrected chi connectivity index (χ0v) is 7.45. The Morgan fingerprint density at radius 3 is 3.23 bits per heavy atom. The quantitative estimate of drug-likeness (QED) is 0.623. The van der Waals surface area contributed by atoms with Crippen LogP contribution in [0.1, 0.15) is 12.8 Å². The zero-order chi connectivity index (χ0) is 9.42. The van der Waals surface area contributed by atoms with Gasteiger partial charge in [0.2, 0.25) is 0 Å². The molecule has 2 N–H and O–H groups in total. The van der Waals surface area contributed by atoms with Gasteiger partial charge in [-0.3, -0.25) is 9.80 Å². The van der Waals surface area contributed by atoms with Crippen molar-refractivity contribution in [1.29, 1.82) is 0 Å². The van der Waals surface area contributed by atoms with Crippen LogP contribution in [0.3, 0.4) is 0 Å². The lowest BCUT2D eigenvalue weighted by molar-refractivity contribution is -0.140. The van der Waals surface area contributed by atoms with Crippen molar-refractivity contribution in [2.24, 2.45) is 5.92 Å². The van der Waals surface area contributed by atoms with E-state index in [9.17, 15) is 4.79 Å². The molecule has 4 nitrogen and oxygen atoms in total. The number of aliphatic carboxylic acids is 1. The van der Waals surface area contributed by atoms with E-state index in [0.29, 0.717) is 6.42 Å². The van der Waals surface area contributed by atoms with E-state index in [1.165, 1.54) is 0 Å². The summed E-state index contributed by atoms with van der Waals surface area (Å²) in [6.07, 6.45) is 5.41. The van der Waals surface area contributed by atoms with Crippen LogP contribution in [0.2, 0.25) is 0 Å². The van der Waals surface area contributed by atoms with Gasteiger partial charge < -0.3 is 10.5 Å². The van der Waals surface area contributed by atoms with Gasteiger partial charge in [-0.2, -0.15) is 0 Å². The minimum atomic E-state index is -0.728. The number of hydrogen-bond acceptors (Lipinski definition) is 3. The van der Waals surface area contributed by atoms with Gasteiger partial charge in [0.25, 0.3) is 0 Å². The highest BCUT2D eigenvalue weighted by Crippen LogP contribution is 2.33. The Bertz CT molecular complexity index is 307. The van der Waals surface area contributed by atoms with Crippen LogP contribution < -0.4 is 5.43 Å². The van der Waals surface area contributed by atoms with Crippen LogP contribution in [0.15, 0.2) is 23.5 Å². The van der Waals surface area contributed by atoms with E-state index in [1.54, 1.807) is 6.20 Å². The molecule has 70 valence electrons. The molecular formula is C9H12N2O2. The normalized spacial score (nSPS) is 25.9. The summed E-state index contributed by atoms with van der Waals surface area (Å²) < 4.78 is 0. The van der Waals surface area contributed by atoms with Crippen molar-refractivity contribution in [2.75, 3.05) is 7.05 Å². The summed E-state index contributed by atoms with van der Waals surface area (Å²) in [5.74, 6) is -1.06. The Morgan fingerprint density at radius 1 is 1.77 bits per heavy atom. The third-order valence-corrected chi connectivity index (χ3v) is 2.54. The van der Waals surface area contributed by atoms with Gasteiger partial charge in [-0.1, -0.05) is 6.08 Å². The van der Waals surface area contributed by atoms with E-state index >= 15 is 0 Å². The number of fused-ring (bicyclic) bond motifs is 1. The number of nitrogens with zero attached hydrogens (tertiary/aromatic N) is 1. The molecule has 0 radical (unpaired) electrons. The highest BCUT2D eigenvalue weighted by Gasteiger charge is 2.31. The maximum Gasteiger partial charge on any atom is 0.311 e. The second-order valence-corrected chi connectivity index (χ2v) is 3.35. The molecule has 0 spiro atoms. The van der Waals surface area contributed by atoms with Gasteiger partial charge in [-0.25, -0.2) is 0 Å². The van der Waals surface area contributed by atoms with Crippen LogP contribution in [-0.4, -0.2) is 23.1 Å². The van der Waals surface area contributed by atoms with Crippen LogP contribution in [0, 0.1) is 5.92 Å². The molecule has 1 unspecified atom stereocenters. The molecule has 2 aliphatic rings. The molecule has 1 aliphatic carbocycles. The number of hydrazine groups is 1. The smallest absolute Gasteiger partial charge is 0.311 e. The topological polar surface area (TPSA) is 52.6 Å². The number of carboxylic acids is 1. The van der Waals surface area contributed by atoms with Crippen LogP contribution in [-0.2, 0) is 4.79 Å². The molecule has 0 bridgehead atoms. The highest BCUT2D eigenvalue weighted by molar-refractivity contribution is 5.76. The third kappa shape index (κ3) is 1.18. The molecule has 1 aliphatic heterocycles. The summed E-state index contributed by atoms with van der Waals surface area (Å²) in [6, 6.07) is 0. The monoisotopic (exact) mass is 180 g/mol. The van der Waals surface area contributed by atoms with Crippen molar-refractivity contribution >= 4 is 5.97 Å². The summed E-state index contributed by atoms with van der Waals surface area (Å²) in [5.41, 5.74) is 4.90. The zero-order valence-electron chi connectivity index (χ0n) is 7.45. The average molecular weight is 180 g/mol. The fourth-order valence-corrected chi connectivity index (χ4v) is 1.84. The van der Waals surface area contributed by atoms with E-state index in [4.69, 9.17) is 5.11 Å². The van der Waals surface area contributed by atoms with Crippen LogP contribution in [0.25, 0.3) is 0 Å². The number of rotatable bonds is 1. The Hall–Kier alpha value is -1.45. The lowest BCUT2D eigenvalue weighted by atomic mass is 9.88. The summed E-state index contributed by atoms with van der Waals surface area (Å²) in [4.78, 5) is 10.9. The number of carbonyl (C=O) groups is 1. The molecule has 1 heterocycles. The van der Waals surface area contributed by atoms with Gasteiger partial charge in [-0.15, -0.1) is 0 Å². The third-order valence-electron chi connectivity index (χ3n) is 2.54. The van der Waals surface area contributed by atoms with Gasteiger partial charge in [0.1, 0.15) is 0 Å². The molecule has 4 heteroatoms. The standard InChI is InChI=1S/C9H12N2O2/c1-11-8-4-2-3-6(9(12)13)7(8)5-10-11/h4-6,10H,2-3H2,1H3,(H,12,13). The Labute approximate surface area is 76.5 Å². The van der Waals surface area contributed by atoms with Gasteiger partial charge in [0, 0.05) is 18.8 Å². The molecule has 2 rings (SSSR count). The van der Waals surface area contributed by atoms with Gasteiger partial charge in [-0.05, 0) is 12.8 Å². The fourth-order valence-electron chi connectivity index (χ4n) is 1.84. The Morgan fingerprint density at radius 2 is 2.54 bits per heavy atom. The second-order valence-electron chi connectivity index (χ2n) is 3.35. The molecule has 0 aromatic carbocycles. The largest absolute Gasteiger partial charge is 0.481 e. The van der Waals surface area contributed by atoms with E-state index in [1.807, 2.05) is 12.1 Å². The minimum Gasteiger partial charge on any atom is -0.481 e. The summed E-state index contributed by atoms with van der Waals surface area (Å²) >= 11 is 0. The molecule has 13 heavy (non-hydrogen) atoms. The number of nitrogens with one attached hydrogen (secondary N) is 1. The van der Waals surface area contributed by atoms with E-state index < -0.39 is 5.97 Å². The molecule has 0 saturated carbocycles. The lowest BCUT2D eigenvalue weighted by Crippen LogP contribution is -2.26. The number of likely N-dealkylation sites (N-methyl/N-ethyl adjacent to an activating group) is 1. The van der Waals surface area contributed by atoms with Crippen LogP contribution in [0.5, 0.6) is 0 Å². The van der Waals surface area contributed by atoms with E-state index in [0.717, 1.165) is 17.7 Å². The first-order chi connectivity index (χ1) is 6.20. The van der Waals surface area contributed by atoms with Gasteiger partial charge in [0.15, 0.2) is 0 Å². The van der Waals surface area contributed by atoms with Crippen LogP contribution in [0.4, 0.5) is 0 Å². The van der Waals surface area contributed by atoms with E-state index in [-0.39, 0.29) is 5.92 Å². The average Bonchev–Trinajstić information content (AvgIpc) is 2.48. The predicted octanol–water partition coefficient (Wildman–Crippen LogP) is 0.699. The Kier molecular flexibility index (Phi) is 1.76. The molecule has 1 atom stereocenters. The minimum absolute atomic E-state index is 0.336. The second kappa shape index (κ2) is 2.80. The Balaban J connectivity index is 2.31. The molecule has 0 aromatic rings. The van der Waals surface area contributed by atoms with Crippen molar-refractivity contribution in [3.63, 3.8) is 0 Å². The van der Waals surface area contributed by atoms with E-state index in [2.05, 4.69) is 11.5 Å².